The molecule has 0 atom stereocenters. The van der Waals surface area contributed by atoms with E-state index in [0.717, 1.165) is 56.9 Å². The topological polar surface area (TPSA) is 60.0 Å². The molecule has 0 aliphatic rings. The van der Waals surface area contributed by atoms with Gasteiger partial charge in [0.2, 0.25) is 0 Å². The van der Waals surface area contributed by atoms with Gasteiger partial charge in [-0.25, -0.2) is 0 Å². The van der Waals surface area contributed by atoms with Gasteiger partial charge in [0.15, 0.2) is 0 Å². The normalized spacial score (nSPS) is 11.5. The second-order valence-corrected chi connectivity index (χ2v) is 14.7. The number of hydrogen-bond donors (Lipinski definition) is 0. The van der Waals surface area contributed by atoms with Gasteiger partial charge in [-0.1, -0.05) is 121 Å². The summed E-state index contributed by atoms with van der Waals surface area (Å²) in [6.45, 7) is 8.39. The molecule has 264 valence electrons. The average molecular weight is 688 g/mol. The molecule has 0 aliphatic carbocycles. The quantitative estimate of drug-likeness (QED) is 0.0309. The molecule has 0 radical (unpaired) electrons. The molecule has 0 fully saturated rings. The van der Waals surface area contributed by atoms with Crippen molar-refractivity contribution < 1.29 is 24.4 Å². The Balaban J connectivity index is 0.00000141. The van der Waals surface area contributed by atoms with E-state index in [9.17, 15) is 10.3 Å². The summed E-state index contributed by atoms with van der Waals surface area (Å²) >= 11 is 1.51. The van der Waals surface area contributed by atoms with E-state index in [1.165, 1.54) is 93.2 Å². The van der Waals surface area contributed by atoms with Gasteiger partial charge in [-0.2, -0.15) is 0 Å². The van der Waals surface area contributed by atoms with Gasteiger partial charge in [0.25, 0.3) is 0 Å². The first-order chi connectivity index (χ1) is 22.7. The number of benzene rings is 2. The van der Waals surface area contributed by atoms with Gasteiger partial charge in [-0.3, -0.25) is 0 Å². The Morgan fingerprint density at radius 3 is 1.87 bits per heavy atom. The molecule has 0 saturated carbocycles. The van der Waals surface area contributed by atoms with Crippen molar-refractivity contribution in [2.45, 2.75) is 130 Å². The van der Waals surface area contributed by atoms with Crippen molar-refractivity contribution >= 4 is 17.2 Å². The Hall–Kier alpha value is -2.58. The summed E-state index contributed by atoms with van der Waals surface area (Å²) in [5.41, 5.74) is 18.1. The second kappa shape index (κ2) is 26.4. The van der Waals surface area contributed by atoms with E-state index < -0.39 is 0 Å². The van der Waals surface area contributed by atoms with Crippen LogP contribution in [0.5, 0.6) is 0 Å². The van der Waals surface area contributed by atoms with Crippen LogP contribution < -0.4 is 0 Å². The first kappa shape index (κ1) is 42.4. The molecule has 0 amide bonds. The molecule has 0 aromatic heterocycles. The number of ketones is 1. The van der Waals surface area contributed by atoms with Crippen LogP contribution in [0.4, 0.5) is 0 Å². The second-order valence-electron chi connectivity index (χ2n) is 12.7. The molecule has 0 aliphatic heterocycles. The number of Topliss-reactive ketones (excluding diaryl/α,β-unsaturated/α-hetero) is 1. The van der Waals surface area contributed by atoms with Crippen molar-refractivity contribution in [3.8, 4) is 0 Å². The number of carbonyl (C=O) groups is 1. The van der Waals surface area contributed by atoms with Gasteiger partial charge < -0.3 is 10.3 Å². The predicted molar refractivity (Wildman–Crippen MR) is 198 cm³/mol. The van der Waals surface area contributed by atoms with Crippen LogP contribution in [-0.2, 0) is 32.5 Å². The van der Waals surface area contributed by atoms with Crippen molar-refractivity contribution in [1.29, 1.82) is 0 Å². The van der Waals surface area contributed by atoms with Crippen LogP contribution >= 0.6 is 0 Å². The van der Waals surface area contributed by atoms with E-state index in [1.54, 1.807) is 6.92 Å². The van der Waals surface area contributed by atoms with Crippen LogP contribution in [-0.4, -0.2) is 52.6 Å². The summed E-state index contributed by atoms with van der Waals surface area (Å²) in [7, 11) is 8.11. The number of allylic oxidation sites excluding steroid dienone is 2. The molecule has 0 saturated heterocycles. The molecule has 2 aromatic carbocycles. The zero-order valence-electron chi connectivity index (χ0n) is 30.9. The molecule has 6 heteroatoms. The standard InChI is InChI=1S/C37H52N2O.2C2H6N.Ni/c1-5-8-11-12-13-15-20-34(29-39-38)36(21-14-9-6-2)37(33-27-24-31(25-28-33)18-10-7-3)35-22-17-16-19-32(35)26-23-30(4)40;2*1-3-2;/h16-17,19,22,24-25,27-28H,5-15,18,20-21,23,26H2,1-4H3;2*1-2H3;/q;2*-1;+2. The van der Waals surface area contributed by atoms with Gasteiger partial charge >= 0.3 is 56.9 Å². The summed E-state index contributed by atoms with van der Waals surface area (Å²) in [6, 6.07) is 17.6. The van der Waals surface area contributed by atoms with Crippen molar-refractivity contribution in [1.82, 2.24) is 7.96 Å². The van der Waals surface area contributed by atoms with E-state index in [-0.39, 0.29) is 5.78 Å². The third-order valence-corrected chi connectivity index (χ3v) is 8.80. The number of hydrogen-bond acceptors (Lipinski definition) is 3. The van der Waals surface area contributed by atoms with E-state index in [1.807, 2.05) is 28.2 Å². The van der Waals surface area contributed by atoms with E-state index in [2.05, 4.69) is 87.9 Å². The maximum atomic E-state index is 11.9. The maximum absolute atomic E-state index is 11.9. The molecule has 0 bridgehead atoms. The average Bonchev–Trinajstić information content (AvgIpc) is 3.04. The minimum absolute atomic E-state index is 0.208. The fourth-order valence-corrected chi connectivity index (χ4v) is 6.44. The Morgan fingerprint density at radius 2 is 1.30 bits per heavy atom. The molecule has 47 heavy (non-hydrogen) atoms. The number of rotatable bonds is 22. The molecule has 0 N–H and O–H groups in total. The summed E-state index contributed by atoms with van der Waals surface area (Å²) in [6.07, 6.45) is 17.2. The zero-order valence-corrected chi connectivity index (χ0v) is 31.9. The van der Waals surface area contributed by atoms with Crippen LogP contribution in [0.25, 0.3) is 11.1 Å². The molecular formula is C41H64N4NiO. The Kier molecular flexibility index (Phi) is 23.8. The third-order valence-electron chi connectivity index (χ3n) is 8.01. The monoisotopic (exact) mass is 686 g/mol. The molecule has 2 aromatic rings. The molecule has 5 nitrogen and oxygen atoms in total. The van der Waals surface area contributed by atoms with Crippen LogP contribution in [0.2, 0.25) is 0 Å². The number of carbonyl (C=O) groups excluding carboxylic acids is 1. The molecule has 0 unspecified atom stereocenters. The summed E-state index contributed by atoms with van der Waals surface area (Å²) in [4.78, 5) is 15.4. The molecule has 2 rings (SSSR count). The van der Waals surface area contributed by atoms with Crippen LogP contribution in [0.1, 0.15) is 140 Å². The fraction of sp³-hybridized carbons (Fsp3) is 0.585. The van der Waals surface area contributed by atoms with Crippen molar-refractivity contribution in [3.05, 3.63) is 87.5 Å². The van der Waals surface area contributed by atoms with Crippen LogP contribution in [0.15, 0.2) is 59.7 Å². The van der Waals surface area contributed by atoms with Gasteiger partial charge in [0.05, 0.1) is 5.57 Å². The molecule has 0 heterocycles. The number of aryl methyl sites for hydroxylation is 2. The van der Waals surface area contributed by atoms with E-state index in [4.69, 9.17) is 0 Å². The van der Waals surface area contributed by atoms with Gasteiger partial charge in [-0.15, -0.1) is 4.79 Å². The van der Waals surface area contributed by atoms with Crippen LogP contribution in [0, 0.1) is 0 Å². The Bertz CT molecular complexity index is 1260. The van der Waals surface area contributed by atoms with Gasteiger partial charge in [0.1, 0.15) is 5.78 Å². The van der Waals surface area contributed by atoms with Crippen LogP contribution in [0.3, 0.4) is 0 Å². The Labute approximate surface area is 294 Å². The zero-order chi connectivity index (χ0) is 34.9. The van der Waals surface area contributed by atoms with Gasteiger partial charge in [-0.05, 0) is 85.3 Å². The molecule has 0 spiro atoms. The summed E-state index contributed by atoms with van der Waals surface area (Å²) < 4.78 is 4.12. The SMILES string of the molecule is CCCCCCCCC(=C=[N+]=[N-])C(CCCCC)=C(c1ccc(CCCC)cc1)c1ccccc1CCC(C)=O.C[N](C)[Ni][N](C)C. The van der Waals surface area contributed by atoms with Crippen molar-refractivity contribution in [2.24, 2.45) is 0 Å². The van der Waals surface area contributed by atoms with E-state index >= 15 is 0 Å². The first-order valence-electron chi connectivity index (χ1n) is 18.0. The number of nitrogens with zero attached hydrogens (tertiary/aromatic N) is 4. The van der Waals surface area contributed by atoms with E-state index in [0.29, 0.717) is 6.42 Å². The van der Waals surface area contributed by atoms with Crippen molar-refractivity contribution in [3.63, 3.8) is 0 Å². The summed E-state index contributed by atoms with van der Waals surface area (Å²) in [5.74, 6) is 3.23. The third kappa shape index (κ3) is 18.5. The molecular weight excluding hydrogens is 623 g/mol. The number of unbranched alkanes of at least 4 members (excludes halogenated alkanes) is 8. The first-order valence-corrected chi connectivity index (χ1v) is 18.9. The Morgan fingerprint density at radius 1 is 0.723 bits per heavy atom. The predicted octanol–water partition coefficient (Wildman–Crippen LogP) is 10.5. The minimum atomic E-state index is 0.208. The summed E-state index contributed by atoms with van der Waals surface area (Å²) in [5, 5.41) is 0. The fourth-order valence-electron chi connectivity index (χ4n) is 5.65. The van der Waals surface area contributed by atoms with Gasteiger partial charge in [0, 0.05) is 6.42 Å². The van der Waals surface area contributed by atoms with Crippen molar-refractivity contribution in [2.75, 3.05) is 28.2 Å².